The quantitative estimate of drug-likeness (QED) is 0.787. The zero-order chi connectivity index (χ0) is 11.4. The highest BCUT2D eigenvalue weighted by Crippen LogP contribution is 2.25. The summed E-state index contributed by atoms with van der Waals surface area (Å²) < 4.78 is 0. The van der Waals surface area contributed by atoms with Crippen LogP contribution in [0.15, 0.2) is 37.2 Å². The Morgan fingerprint density at radius 2 is 2.19 bits per heavy atom. The van der Waals surface area contributed by atoms with Crippen molar-refractivity contribution < 1.29 is 0 Å². The van der Waals surface area contributed by atoms with Crippen molar-refractivity contribution in [1.82, 2.24) is 4.98 Å². The van der Waals surface area contributed by atoms with Gasteiger partial charge in [0.05, 0.1) is 0 Å². The normalized spacial score (nSPS) is 22.8. The maximum Gasteiger partial charge on any atom is 0.0476 e. The largest absolute Gasteiger partial charge is 0.367 e. The predicted octanol–water partition coefficient (Wildman–Crippen LogP) is 1.95. The smallest absolute Gasteiger partial charge is 0.0476 e. The molecule has 2 rings (SSSR count). The number of nitrogens with two attached hydrogens (primary N) is 1. The third-order valence-corrected chi connectivity index (χ3v) is 3.26. The number of pyridine rings is 1. The van der Waals surface area contributed by atoms with Crippen molar-refractivity contribution in [2.45, 2.75) is 31.3 Å². The van der Waals surface area contributed by atoms with E-state index in [0.717, 1.165) is 13.0 Å². The van der Waals surface area contributed by atoms with Gasteiger partial charge in [-0.2, -0.15) is 0 Å². The second kappa shape index (κ2) is 5.12. The number of rotatable bonds is 3. The Hall–Kier alpha value is -1.35. The minimum absolute atomic E-state index is 0.0495. The van der Waals surface area contributed by atoms with Crippen molar-refractivity contribution in [2.75, 3.05) is 11.4 Å². The van der Waals surface area contributed by atoms with Gasteiger partial charge in [-0.3, -0.25) is 4.98 Å². The van der Waals surface area contributed by atoms with E-state index in [0.29, 0.717) is 6.04 Å². The third kappa shape index (κ3) is 2.25. The molecule has 0 spiro atoms. The van der Waals surface area contributed by atoms with E-state index in [4.69, 9.17) is 5.73 Å². The van der Waals surface area contributed by atoms with Crippen LogP contribution in [0, 0.1) is 0 Å². The Morgan fingerprint density at radius 3 is 2.88 bits per heavy atom. The summed E-state index contributed by atoms with van der Waals surface area (Å²) >= 11 is 0. The Morgan fingerprint density at radius 1 is 1.44 bits per heavy atom. The minimum Gasteiger partial charge on any atom is -0.367 e. The molecular weight excluding hydrogens is 198 g/mol. The van der Waals surface area contributed by atoms with Crippen molar-refractivity contribution in [3.05, 3.63) is 37.2 Å². The fraction of sp³-hybridized carbons (Fsp3) is 0.462. The Balaban J connectivity index is 2.19. The van der Waals surface area contributed by atoms with Gasteiger partial charge in [0.25, 0.3) is 0 Å². The highest BCUT2D eigenvalue weighted by Gasteiger charge is 2.26. The molecule has 3 heteroatoms. The molecule has 0 bridgehead atoms. The first-order chi connectivity index (χ1) is 7.83. The van der Waals surface area contributed by atoms with E-state index in [9.17, 15) is 0 Å². The molecule has 3 nitrogen and oxygen atoms in total. The number of hydrogen-bond acceptors (Lipinski definition) is 3. The average Bonchev–Trinajstić information content (AvgIpc) is 2.39. The summed E-state index contributed by atoms with van der Waals surface area (Å²) in [6.07, 6.45) is 9.16. The Labute approximate surface area is 97.0 Å². The van der Waals surface area contributed by atoms with Crippen LogP contribution in [0.3, 0.4) is 0 Å². The van der Waals surface area contributed by atoms with Crippen molar-refractivity contribution >= 4 is 5.69 Å². The number of anilines is 1. The van der Waals surface area contributed by atoms with Crippen LogP contribution in [0.2, 0.25) is 0 Å². The zero-order valence-corrected chi connectivity index (χ0v) is 9.55. The van der Waals surface area contributed by atoms with Gasteiger partial charge in [-0.15, -0.1) is 6.58 Å². The maximum absolute atomic E-state index is 6.10. The number of aromatic nitrogens is 1. The summed E-state index contributed by atoms with van der Waals surface area (Å²) in [4.78, 5) is 6.44. The average molecular weight is 217 g/mol. The molecule has 0 aromatic carbocycles. The van der Waals surface area contributed by atoms with E-state index in [1.54, 1.807) is 0 Å². The molecule has 0 aliphatic carbocycles. The van der Waals surface area contributed by atoms with Crippen LogP contribution in [0.25, 0.3) is 0 Å². The van der Waals surface area contributed by atoms with Gasteiger partial charge in [-0.25, -0.2) is 0 Å². The second-order valence-electron chi connectivity index (χ2n) is 4.27. The first-order valence-electron chi connectivity index (χ1n) is 5.87. The van der Waals surface area contributed by atoms with Crippen LogP contribution < -0.4 is 10.6 Å². The lowest BCUT2D eigenvalue weighted by Gasteiger charge is -2.39. The van der Waals surface area contributed by atoms with Gasteiger partial charge in [-0.05, 0) is 31.4 Å². The van der Waals surface area contributed by atoms with Gasteiger partial charge in [-0.1, -0.05) is 6.08 Å². The van der Waals surface area contributed by atoms with E-state index in [1.807, 2.05) is 30.6 Å². The van der Waals surface area contributed by atoms with Crippen LogP contribution >= 0.6 is 0 Å². The van der Waals surface area contributed by atoms with Gasteiger partial charge in [0, 0.05) is 36.7 Å². The summed E-state index contributed by atoms with van der Waals surface area (Å²) in [6.45, 7) is 4.88. The topological polar surface area (TPSA) is 42.1 Å². The lowest BCUT2D eigenvalue weighted by Crippen LogP contribution is -2.49. The summed E-state index contributed by atoms with van der Waals surface area (Å²) in [5.74, 6) is 0. The molecule has 86 valence electrons. The minimum atomic E-state index is 0.0495. The summed E-state index contributed by atoms with van der Waals surface area (Å²) in [7, 11) is 0. The molecule has 2 atom stereocenters. The van der Waals surface area contributed by atoms with Gasteiger partial charge in [0.1, 0.15) is 0 Å². The second-order valence-corrected chi connectivity index (χ2v) is 4.27. The Kier molecular flexibility index (Phi) is 3.57. The third-order valence-electron chi connectivity index (χ3n) is 3.26. The molecule has 2 unspecified atom stereocenters. The molecular formula is C13H19N3. The fourth-order valence-electron chi connectivity index (χ4n) is 2.37. The highest BCUT2D eigenvalue weighted by atomic mass is 15.2. The predicted molar refractivity (Wildman–Crippen MR) is 67.4 cm³/mol. The number of piperidine rings is 1. The van der Waals surface area contributed by atoms with Crippen molar-refractivity contribution in [3.63, 3.8) is 0 Å². The van der Waals surface area contributed by atoms with E-state index >= 15 is 0 Å². The van der Waals surface area contributed by atoms with E-state index in [-0.39, 0.29) is 6.04 Å². The summed E-state index contributed by atoms with van der Waals surface area (Å²) in [5, 5.41) is 0. The van der Waals surface area contributed by atoms with E-state index < -0.39 is 0 Å². The summed E-state index contributed by atoms with van der Waals surface area (Å²) in [5.41, 5.74) is 7.32. The lowest BCUT2D eigenvalue weighted by atomic mass is 9.95. The first-order valence-corrected chi connectivity index (χ1v) is 5.87. The van der Waals surface area contributed by atoms with Gasteiger partial charge >= 0.3 is 0 Å². The molecule has 1 aromatic rings. The Bertz CT molecular complexity index is 336. The van der Waals surface area contributed by atoms with Crippen LogP contribution in [-0.2, 0) is 0 Å². The molecule has 1 aromatic heterocycles. The molecule has 1 fully saturated rings. The van der Waals surface area contributed by atoms with E-state index in [2.05, 4.69) is 16.5 Å². The molecule has 0 amide bonds. The molecule has 0 saturated carbocycles. The lowest BCUT2D eigenvalue weighted by molar-refractivity contribution is 0.431. The van der Waals surface area contributed by atoms with Gasteiger partial charge in [0.15, 0.2) is 0 Å². The van der Waals surface area contributed by atoms with Crippen LogP contribution in [0.4, 0.5) is 5.69 Å². The van der Waals surface area contributed by atoms with E-state index in [1.165, 1.54) is 18.5 Å². The maximum atomic E-state index is 6.10. The molecule has 2 heterocycles. The fourth-order valence-corrected chi connectivity index (χ4v) is 2.37. The number of nitrogens with zero attached hydrogens (tertiary/aromatic N) is 2. The standard InChI is InChI=1S/C13H19N3/c1-2-12(14)13-5-3-4-10-16(13)11-6-8-15-9-7-11/h2,6-9,12-13H,1,3-5,10,14H2. The highest BCUT2D eigenvalue weighted by molar-refractivity contribution is 5.47. The molecule has 0 radical (unpaired) electrons. The van der Waals surface area contributed by atoms with Crippen molar-refractivity contribution in [2.24, 2.45) is 5.73 Å². The molecule has 1 aliphatic heterocycles. The van der Waals surface area contributed by atoms with Crippen LogP contribution in [0.1, 0.15) is 19.3 Å². The zero-order valence-electron chi connectivity index (χ0n) is 9.55. The molecule has 16 heavy (non-hydrogen) atoms. The first kappa shape index (κ1) is 11.1. The molecule has 2 N–H and O–H groups in total. The molecule has 1 aliphatic rings. The van der Waals surface area contributed by atoms with Crippen LogP contribution in [-0.4, -0.2) is 23.6 Å². The van der Waals surface area contributed by atoms with Gasteiger partial charge < -0.3 is 10.6 Å². The van der Waals surface area contributed by atoms with Crippen molar-refractivity contribution in [3.8, 4) is 0 Å². The monoisotopic (exact) mass is 217 g/mol. The van der Waals surface area contributed by atoms with Gasteiger partial charge in [0.2, 0.25) is 0 Å². The SMILES string of the molecule is C=CC(N)C1CCCCN1c1ccncc1. The molecule has 1 saturated heterocycles. The van der Waals surface area contributed by atoms with Crippen LogP contribution in [0.5, 0.6) is 0 Å². The summed E-state index contributed by atoms with van der Waals surface area (Å²) in [6, 6.07) is 4.53. The van der Waals surface area contributed by atoms with Crippen molar-refractivity contribution in [1.29, 1.82) is 0 Å². The number of hydrogen-bond donors (Lipinski definition) is 1.